The second-order valence-electron chi connectivity index (χ2n) is 3.67. The van der Waals surface area contributed by atoms with Crippen molar-refractivity contribution >= 4 is 28.5 Å². The molecule has 0 fully saturated rings. The third-order valence-corrected chi connectivity index (χ3v) is 3.16. The number of anilines is 1. The summed E-state index contributed by atoms with van der Waals surface area (Å²) in [6.45, 7) is 6.34. The Balaban J connectivity index is 2.59. The van der Waals surface area contributed by atoms with Gasteiger partial charge < -0.3 is 14.8 Å². The third-order valence-electron chi connectivity index (χ3n) is 2.26. The highest BCUT2D eigenvalue weighted by atomic mass is 32.1. The zero-order valence-electron chi connectivity index (χ0n) is 11.3. The molecule has 0 unspecified atom stereocenters. The molecule has 0 aromatic carbocycles. The monoisotopic (exact) mass is 286 g/mol. The fourth-order valence-corrected chi connectivity index (χ4v) is 2.25. The van der Waals surface area contributed by atoms with Gasteiger partial charge in [0.2, 0.25) is 0 Å². The molecule has 1 aromatic rings. The van der Waals surface area contributed by atoms with Crippen LogP contribution in [0.2, 0.25) is 0 Å². The lowest BCUT2D eigenvalue weighted by molar-refractivity contribution is -0.142. The van der Waals surface area contributed by atoms with E-state index in [0.717, 1.165) is 0 Å². The average Bonchev–Trinajstić information content (AvgIpc) is 2.71. The van der Waals surface area contributed by atoms with Crippen molar-refractivity contribution in [3.63, 3.8) is 0 Å². The van der Waals surface area contributed by atoms with Crippen molar-refractivity contribution in [1.82, 2.24) is 4.37 Å². The molecule has 7 heteroatoms. The molecule has 0 aliphatic heterocycles. The van der Waals surface area contributed by atoms with Crippen molar-refractivity contribution in [2.75, 3.05) is 25.1 Å². The summed E-state index contributed by atoms with van der Waals surface area (Å²) in [5.41, 5.74) is 1.07. The summed E-state index contributed by atoms with van der Waals surface area (Å²) in [5.74, 6) is -0.665. The van der Waals surface area contributed by atoms with E-state index >= 15 is 0 Å². The van der Waals surface area contributed by atoms with Gasteiger partial charge in [0.05, 0.1) is 25.3 Å². The molecule has 0 atom stereocenters. The minimum Gasteiger partial charge on any atom is -0.466 e. The zero-order chi connectivity index (χ0) is 14.3. The Morgan fingerprint density at radius 3 is 2.58 bits per heavy atom. The van der Waals surface area contributed by atoms with Gasteiger partial charge in [-0.3, -0.25) is 4.79 Å². The van der Waals surface area contributed by atoms with Crippen LogP contribution in [-0.4, -0.2) is 36.1 Å². The van der Waals surface area contributed by atoms with E-state index in [-0.39, 0.29) is 12.4 Å². The molecular weight excluding hydrogens is 268 g/mol. The van der Waals surface area contributed by atoms with Crippen LogP contribution in [0.15, 0.2) is 0 Å². The van der Waals surface area contributed by atoms with Gasteiger partial charge >= 0.3 is 11.9 Å². The minimum absolute atomic E-state index is 0.243. The second-order valence-corrected chi connectivity index (χ2v) is 4.45. The van der Waals surface area contributed by atoms with Crippen LogP contribution in [0.5, 0.6) is 0 Å². The molecule has 1 heterocycles. The molecule has 106 valence electrons. The maximum atomic E-state index is 11.8. The molecule has 0 radical (unpaired) electrons. The smallest absolute Gasteiger partial charge is 0.343 e. The van der Waals surface area contributed by atoms with Crippen molar-refractivity contribution in [2.45, 2.75) is 27.2 Å². The van der Waals surface area contributed by atoms with Crippen molar-refractivity contribution in [3.8, 4) is 0 Å². The predicted molar refractivity (Wildman–Crippen MR) is 72.5 cm³/mol. The molecule has 1 aromatic heterocycles. The molecular formula is C12H18N2O4S. The average molecular weight is 286 g/mol. The molecule has 0 bridgehead atoms. The standard InChI is InChI=1S/C12H18N2O4S/c1-4-17-9(15)6-7-13-11-10(8(3)14-19-11)12(16)18-5-2/h13H,4-7H2,1-3H3. The molecule has 0 aliphatic carbocycles. The number of carbonyl (C=O) groups excluding carboxylic acids is 2. The summed E-state index contributed by atoms with van der Waals surface area (Å²) in [6, 6.07) is 0. The lowest BCUT2D eigenvalue weighted by Crippen LogP contribution is -2.13. The Hall–Kier alpha value is -1.63. The van der Waals surface area contributed by atoms with E-state index in [1.807, 2.05) is 0 Å². The molecule has 1 N–H and O–H groups in total. The number of hydrogen-bond donors (Lipinski definition) is 1. The summed E-state index contributed by atoms with van der Waals surface area (Å²) < 4.78 is 13.9. The number of nitrogens with zero attached hydrogens (tertiary/aromatic N) is 1. The summed E-state index contributed by atoms with van der Waals surface area (Å²) >= 11 is 1.18. The van der Waals surface area contributed by atoms with Crippen LogP contribution in [0.3, 0.4) is 0 Å². The lowest BCUT2D eigenvalue weighted by atomic mass is 10.2. The van der Waals surface area contributed by atoms with Crippen LogP contribution >= 0.6 is 11.5 Å². The first-order chi connectivity index (χ1) is 9.10. The highest BCUT2D eigenvalue weighted by molar-refractivity contribution is 7.10. The van der Waals surface area contributed by atoms with Crippen LogP contribution in [-0.2, 0) is 14.3 Å². The topological polar surface area (TPSA) is 77.5 Å². The summed E-state index contributed by atoms with van der Waals surface area (Å²) in [5, 5.41) is 3.64. The quantitative estimate of drug-likeness (QED) is 0.772. The number of ether oxygens (including phenoxy) is 2. The van der Waals surface area contributed by atoms with Gasteiger partial charge in [-0.1, -0.05) is 0 Å². The number of nitrogens with one attached hydrogen (secondary N) is 1. The van der Waals surface area contributed by atoms with Crippen LogP contribution < -0.4 is 5.32 Å². The molecule has 1 rings (SSSR count). The van der Waals surface area contributed by atoms with Crippen LogP contribution in [0.4, 0.5) is 5.00 Å². The van der Waals surface area contributed by atoms with Crippen molar-refractivity contribution in [2.24, 2.45) is 0 Å². The predicted octanol–water partition coefficient (Wildman–Crippen LogP) is 1.99. The molecule has 0 amide bonds. The Bertz CT molecular complexity index is 445. The normalized spacial score (nSPS) is 10.1. The van der Waals surface area contributed by atoms with E-state index in [9.17, 15) is 9.59 Å². The molecule has 0 saturated heterocycles. The van der Waals surface area contributed by atoms with Gasteiger partial charge in [-0.05, 0) is 32.3 Å². The maximum absolute atomic E-state index is 11.8. The van der Waals surface area contributed by atoms with E-state index in [1.165, 1.54) is 11.5 Å². The number of carbonyl (C=O) groups is 2. The number of aromatic nitrogens is 1. The third kappa shape index (κ3) is 4.51. The molecule has 6 nitrogen and oxygen atoms in total. The van der Waals surface area contributed by atoms with Gasteiger partial charge in [-0.25, -0.2) is 4.79 Å². The highest BCUT2D eigenvalue weighted by Crippen LogP contribution is 2.25. The van der Waals surface area contributed by atoms with Gasteiger partial charge in [-0.2, -0.15) is 4.37 Å². The lowest BCUT2D eigenvalue weighted by Gasteiger charge is -2.06. The molecule has 0 spiro atoms. The zero-order valence-corrected chi connectivity index (χ0v) is 12.1. The first kappa shape index (κ1) is 15.4. The fraction of sp³-hybridized carbons (Fsp3) is 0.583. The number of hydrogen-bond acceptors (Lipinski definition) is 7. The minimum atomic E-state index is -0.396. The summed E-state index contributed by atoms with van der Waals surface area (Å²) in [7, 11) is 0. The number of rotatable bonds is 7. The number of aryl methyl sites for hydroxylation is 1. The van der Waals surface area contributed by atoms with E-state index in [0.29, 0.717) is 36.0 Å². The van der Waals surface area contributed by atoms with E-state index in [4.69, 9.17) is 9.47 Å². The summed E-state index contributed by atoms with van der Waals surface area (Å²) in [6.07, 6.45) is 0.243. The Kier molecular flexibility index (Phi) is 6.27. The highest BCUT2D eigenvalue weighted by Gasteiger charge is 2.19. The Labute approximate surface area is 116 Å². The fourth-order valence-electron chi connectivity index (χ4n) is 1.45. The first-order valence-corrected chi connectivity index (χ1v) is 6.90. The van der Waals surface area contributed by atoms with Crippen LogP contribution in [0.25, 0.3) is 0 Å². The van der Waals surface area contributed by atoms with Crippen molar-refractivity contribution in [3.05, 3.63) is 11.3 Å². The number of esters is 2. The second kappa shape index (κ2) is 7.73. The summed E-state index contributed by atoms with van der Waals surface area (Å²) in [4.78, 5) is 23.0. The largest absolute Gasteiger partial charge is 0.466 e. The maximum Gasteiger partial charge on any atom is 0.343 e. The van der Waals surface area contributed by atoms with Crippen LogP contribution in [0.1, 0.15) is 36.3 Å². The van der Waals surface area contributed by atoms with Gasteiger partial charge in [0, 0.05) is 6.54 Å². The van der Waals surface area contributed by atoms with Gasteiger partial charge in [-0.15, -0.1) is 0 Å². The van der Waals surface area contributed by atoms with Crippen LogP contribution in [0, 0.1) is 6.92 Å². The van der Waals surface area contributed by atoms with Gasteiger partial charge in [0.1, 0.15) is 10.6 Å². The Morgan fingerprint density at radius 2 is 1.95 bits per heavy atom. The molecule has 0 saturated carbocycles. The van der Waals surface area contributed by atoms with E-state index in [1.54, 1.807) is 20.8 Å². The first-order valence-electron chi connectivity index (χ1n) is 6.13. The van der Waals surface area contributed by atoms with E-state index < -0.39 is 5.97 Å². The SMILES string of the molecule is CCOC(=O)CCNc1snc(C)c1C(=O)OCC. The Morgan fingerprint density at radius 1 is 1.26 bits per heavy atom. The molecule has 0 aliphatic rings. The van der Waals surface area contributed by atoms with Gasteiger partial charge in [0.25, 0.3) is 0 Å². The van der Waals surface area contributed by atoms with Crippen molar-refractivity contribution in [1.29, 1.82) is 0 Å². The molecule has 19 heavy (non-hydrogen) atoms. The van der Waals surface area contributed by atoms with Crippen molar-refractivity contribution < 1.29 is 19.1 Å². The van der Waals surface area contributed by atoms with Gasteiger partial charge in [0.15, 0.2) is 0 Å². The van der Waals surface area contributed by atoms with E-state index in [2.05, 4.69) is 9.69 Å².